The number of hydrogen-bond donors (Lipinski definition) is 3. The first kappa shape index (κ1) is 21.8. The quantitative estimate of drug-likeness (QED) is 0.512. The second-order valence-corrected chi connectivity index (χ2v) is 7.61. The van der Waals surface area contributed by atoms with Crippen LogP contribution in [-0.2, 0) is 4.79 Å². The van der Waals surface area contributed by atoms with E-state index in [4.69, 9.17) is 11.6 Å². The van der Waals surface area contributed by atoms with Gasteiger partial charge in [-0.05, 0) is 24.5 Å². The molecule has 0 saturated carbocycles. The van der Waals surface area contributed by atoms with Gasteiger partial charge in [0.1, 0.15) is 24.1 Å². The first-order valence-electron chi connectivity index (χ1n) is 9.19. The van der Waals surface area contributed by atoms with Gasteiger partial charge >= 0.3 is 6.18 Å². The molecule has 7 nitrogen and oxygen atoms in total. The van der Waals surface area contributed by atoms with Gasteiger partial charge in [-0.1, -0.05) is 25.4 Å². The van der Waals surface area contributed by atoms with Gasteiger partial charge in [-0.2, -0.15) is 13.2 Å². The number of halogens is 4. The van der Waals surface area contributed by atoms with Crippen molar-refractivity contribution in [1.29, 1.82) is 0 Å². The normalized spacial score (nSPS) is 12.9. The van der Waals surface area contributed by atoms with Gasteiger partial charge in [0, 0.05) is 29.5 Å². The van der Waals surface area contributed by atoms with Crippen LogP contribution < -0.4 is 10.6 Å². The number of amides is 1. The van der Waals surface area contributed by atoms with E-state index in [1.54, 1.807) is 18.3 Å². The van der Waals surface area contributed by atoms with Gasteiger partial charge in [0.15, 0.2) is 5.82 Å². The molecule has 0 aliphatic carbocycles. The van der Waals surface area contributed by atoms with Crippen LogP contribution in [0, 0.1) is 5.92 Å². The molecule has 3 aromatic rings. The zero-order valence-electron chi connectivity index (χ0n) is 16.2. The van der Waals surface area contributed by atoms with Crippen molar-refractivity contribution in [1.82, 2.24) is 25.3 Å². The fourth-order valence-electron chi connectivity index (χ4n) is 2.92. The lowest BCUT2D eigenvalue weighted by Gasteiger charge is -2.21. The van der Waals surface area contributed by atoms with Crippen LogP contribution in [0.2, 0.25) is 5.02 Å². The standard InChI is InChI=1S/C19H20ClF3N6O/c1-10(2)5-14(18(30)27-9-19(21,22)23)28-15-3-4-24-17(29-15)13-8-26-16-12(13)6-11(20)7-25-16/h3-4,6-8,10,14H,5,9H2,1-2H3,(H,25,26)(H,27,30)(H,24,28,29)/t14-/m1/s1. The van der Waals surface area contributed by atoms with Crippen molar-refractivity contribution in [2.24, 2.45) is 5.92 Å². The van der Waals surface area contributed by atoms with Gasteiger partial charge < -0.3 is 15.6 Å². The number of pyridine rings is 1. The molecule has 3 rings (SSSR count). The van der Waals surface area contributed by atoms with Gasteiger partial charge in [-0.15, -0.1) is 0 Å². The van der Waals surface area contributed by atoms with Crippen LogP contribution in [0.25, 0.3) is 22.4 Å². The van der Waals surface area contributed by atoms with Crippen molar-refractivity contribution >= 4 is 34.4 Å². The van der Waals surface area contributed by atoms with Crippen LogP contribution in [0.5, 0.6) is 0 Å². The summed E-state index contributed by atoms with van der Waals surface area (Å²) >= 11 is 6.03. The van der Waals surface area contributed by atoms with E-state index in [0.717, 1.165) is 5.39 Å². The van der Waals surface area contributed by atoms with E-state index in [9.17, 15) is 18.0 Å². The Hall–Kier alpha value is -2.88. The van der Waals surface area contributed by atoms with Crippen molar-refractivity contribution < 1.29 is 18.0 Å². The Morgan fingerprint density at radius 2 is 2.07 bits per heavy atom. The highest BCUT2D eigenvalue weighted by atomic mass is 35.5. The molecule has 0 spiro atoms. The Morgan fingerprint density at radius 3 is 2.77 bits per heavy atom. The molecule has 1 amide bonds. The van der Waals surface area contributed by atoms with Crippen LogP contribution in [0.3, 0.4) is 0 Å². The number of H-pyrrole nitrogens is 1. The summed E-state index contributed by atoms with van der Waals surface area (Å²) in [6, 6.07) is 2.40. The summed E-state index contributed by atoms with van der Waals surface area (Å²) in [4.78, 5) is 28.2. The number of hydrogen-bond acceptors (Lipinski definition) is 5. The van der Waals surface area contributed by atoms with Crippen LogP contribution >= 0.6 is 11.6 Å². The largest absolute Gasteiger partial charge is 0.405 e. The molecule has 0 aliphatic rings. The van der Waals surface area contributed by atoms with Crippen molar-refractivity contribution in [3.8, 4) is 11.4 Å². The summed E-state index contributed by atoms with van der Waals surface area (Å²) in [5, 5.41) is 6.03. The zero-order valence-corrected chi connectivity index (χ0v) is 17.0. The highest BCUT2D eigenvalue weighted by molar-refractivity contribution is 6.31. The fraction of sp³-hybridized carbons (Fsp3) is 0.368. The maximum absolute atomic E-state index is 12.5. The third-order valence-corrected chi connectivity index (χ3v) is 4.41. The predicted octanol–water partition coefficient (Wildman–Crippen LogP) is 4.18. The van der Waals surface area contributed by atoms with E-state index < -0.39 is 24.7 Å². The maximum atomic E-state index is 12.5. The molecule has 160 valence electrons. The average molecular weight is 441 g/mol. The number of aromatic nitrogens is 4. The van der Waals surface area contributed by atoms with Gasteiger partial charge in [-0.25, -0.2) is 15.0 Å². The molecular weight excluding hydrogens is 421 g/mol. The number of aromatic amines is 1. The molecule has 30 heavy (non-hydrogen) atoms. The molecule has 0 bridgehead atoms. The lowest BCUT2D eigenvalue weighted by molar-refractivity contribution is -0.139. The molecular formula is C19H20ClF3N6O. The highest BCUT2D eigenvalue weighted by Crippen LogP contribution is 2.27. The van der Waals surface area contributed by atoms with Gasteiger partial charge in [0.25, 0.3) is 0 Å². The van der Waals surface area contributed by atoms with E-state index in [-0.39, 0.29) is 5.92 Å². The summed E-state index contributed by atoms with van der Waals surface area (Å²) in [6.07, 6.45) is 0.551. The smallest absolute Gasteiger partial charge is 0.358 e. The molecule has 0 aliphatic heterocycles. The van der Waals surface area contributed by atoms with Crippen molar-refractivity contribution in [3.05, 3.63) is 35.7 Å². The highest BCUT2D eigenvalue weighted by Gasteiger charge is 2.30. The summed E-state index contributed by atoms with van der Waals surface area (Å²) in [5.41, 5.74) is 1.27. The number of carbonyl (C=O) groups excluding carboxylic acids is 1. The minimum Gasteiger partial charge on any atom is -0.358 e. The lowest BCUT2D eigenvalue weighted by atomic mass is 10.0. The number of carbonyl (C=O) groups is 1. The van der Waals surface area contributed by atoms with Crippen LogP contribution in [-0.4, -0.2) is 44.6 Å². The van der Waals surface area contributed by atoms with Crippen LogP contribution in [0.4, 0.5) is 19.0 Å². The van der Waals surface area contributed by atoms with Gasteiger partial charge in [-0.3, -0.25) is 4.79 Å². The molecule has 3 heterocycles. The first-order chi connectivity index (χ1) is 14.1. The topological polar surface area (TPSA) is 95.6 Å². The molecule has 0 fully saturated rings. The Balaban J connectivity index is 1.83. The number of nitrogens with zero attached hydrogens (tertiary/aromatic N) is 3. The minimum atomic E-state index is -4.48. The van der Waals surface area contributed by atoms with E-state index in [2.05, 4.69) is 25.3 Å². The number of alkyl halides is 3. The molecule has 0 saturated heterocycles. The fourth-order valence-corrected chi connectivity index (χ4v) is 3.08. The SMILES string of the molecule is CC(C)C[C@@H](Nc1ccnc(-c2c[nH]c3ncc(Cl)cc23)n1)C(=O)NCC(F)(F)F. The minimum absolute atomic E-state index is 0.0716. The Kier molecular flexibility index (Phi) is 6.45. The third kappa shape index (κ3) is 5.59. The van der Waals surface area contributed by atoms with Gasteiger partial charge in [0.2, 0.25) is 5.91 Å². The Bertz CT molecular complexity index is 1040. The molecule has 0 aromatic carbocycles. The van der Waals surface area contributed by atoms with E-state index >= 15 is 0 Å². The molecule has 3 N–H and O–H groups in total. The van der Waals surface area contributed by atoms with Crippen molar-refractivity contribution in [2.45, 2.75) is 32.5 Å². The number of nitrogens with one attached hydrogen (secondary N) is 3. The van der Waals surface area contributed by atoms with Crippen molar-refractivity contribution in [3.63, 3.8) is 0 Å². The lowest BCUT2D eigenvalue weighted by Crippen LogP contribution is -2.44. The summed E-state index contributed by atoms with van der Waals surface area (Å²) in [6.45, 7) is 2.36. The molecule has 1 atom stereocenters. The average Bonchev–Trinajstić information content (AvgIpc) is 3.08. The Morgan fingerprint density at radius 1 is 1.30 bits per heavy atom. The molecule has 3 aromatic heterocycles. The number of fused-ring (bicyclic) bond motifs is 1. The van der Waals surface area contributed by atoms with Crippen molar-refractivity contribution in [2.75, 3.05) is 11.9 Å². The summed E-state index contributed by atoms with van der Waals surface area (Å²) in [7, 11) is 0. The molecule has 0 radical (unpaired) electrons. The second kappa shape index (κ2) is 8.86. The summed E-state index contributed by atoms with van der Waals surface area (Å²) in [5.74, 6) is -0.00185. The van der Waals surface area contributed by atoms with E-state index in [1.807, 2.05) is 19.2 Å². The van der Waals surface area contributed by atoms with Crippen LogP contribution in [0.15, 0.2) is 30.7 Å². The monoisotopic (exact) mass is 440 g/mol. The molecule has 0 unspecified atom stereocenters. The van der Waals surface area contributed by atoms with Crippen LogP contribution in [0.1, 0.15) is 20.3 Å². The van der Waals surface area contributed by atoms with E-state index in [1.165, 1.54) is 12.4 Å². The molecule has 11 heteroatoms. The summed E-state index contributed by atoms with van der Waals surface area (Å²) < 4.78 is 37.4. The van der Waals surface area contributed by atoms with Gasteiger partial charge in [0.05, 0.1) is 5.02 Å². The Labute approximate surface area is 175 Å². The number of rotatable bonds is 7. The predicted molar refractivity (Wildman–Crippen MR) is 108 cm³/mol. The number of anilines is 1. The maximum Gasteiger partial charge on any atom is 0.405 e. The second-order valence-electron chi connectivity index (χ2n) is 7.18. The zero-order chi connectivity index (χ0) is 21.9. The van der Waals surface area contributed by atoms with E-state index in [0.29, 0.717) is 34.3 Å². The first-order valence-corrected chi connectivity index (χ1v) is 9.57. The third-order valence-electron chi connectivity index (χ3n) is 4.20.